The number of aromatic nitrogens is 3. The van der Waals surface area contributed by atoms with E-state index in [1.165, 1.54) is 0 Å². The molecule has 0 aliphatic carbocycles. The third-order valence-electron chi connectivity index (χ3n) is 3.88. The topological polar surface area (TPSA) is 101 Å². The molecule has 3 aromatic rings. The van der Waals surface area contributed by atoms with E-state index in [2.05, 4.69) is 19.9 Å². The molecule has 2 N–H and O–H groups in total. The largest absolute Gasteiger partial charge is 0.421 e. The van der Waals surface area contributed by atoms with E-state index in [-0.39, 0.29) is 17.3 Å². The summed E-state index contributed by atoms with van der Waals surface area (Å²) in [6, 6.07) is 7.69. The van der Waals surface area contributed by atoms with E-state index < -0.39 is 10.0 Å². The highest BCUT2D eigenvalue weighted by molar-refractivity contribution is 7.89. The Morgan fingerprint density at radius 1 is 1.12 bits per heavy atom. The van der Waals surface area contributed by atoms with Crippen molar-refractivity contribution in [2.24, 2.45) is 0 Å². The zero-order chi connectivity index (χ0) is 18.2. The second kappa shape index (κ2) is 6.45. The second-order valence-electron chi connectivity index (χ2n) is 6.02. The van der Waals surface area contributed by atoms with Gasteiger partial charge in [-0.15, -0.1) is 10.2 Å². The third-order valence-corrected chi connectivity index (χ3v) is 5.45. The quantitative estimate of drug-likeness (QED) is 0.728. The summed E-state index contributed by atoms with van der Waals surface area (Å²) in [6.07, 6.45) is 0. The van der Waals surface area contributed by atoms with Gasteiger partial charge in [-0.3, -0.25) is 0 Å². The maximum absolute atomic E-state index is 12.9. The number of nitrogens with one attached hydrogen (secondary N) is 2. The van der Waals surface area contributed by atoms with Gasteiger partial charge >= 0.3 is 0 Å². The van der Waals surface area contributed by atoms with Crippen LogP contribution in [0.1, 0.15) is 28.4 Å². The Morgan fingerprint density at radius 2 is 1.88 bits per heavy atom. The van der Waals surface area contributed by atoms with E-state index in [1.807, 2.05) is 31.2 Å². The summed E-state index contributed by atoms with van der Waals surface area (Å²) in [7, 11) is -3.76. The average Bonchev–Trinajstić information content (AvgIpc) is 3.08. The highest BCUT2D eigenvalue weighted by Crippen LogP contribution is 2.32. The third kappa shape index (κ3) is 3.49. The Labute approximate surface area is 146 Å². The SMILES string of the molecule is Cc1cccc(CNS(=O)(=O)c2c(C)[nH]c(C)c2-c2nnc(C)o2)c1. The van der Waals surface area contributed by atoms with Crippen LogP contribution in [0.4, 0.5) is 0 Å². The van der Waals surface area contributed by atoms with Crippen molar-refractivity contribution >= 4 is 10.0 Å². The Morgan fingerprint density at radius 3 is 2.52 bits per heavy atom. The van der Waals surface area contributed by atoms with Crippen LogP contribution >= 0.6 is 0 Å². The van der Waals surface area contributed by atoms with Gasteiger partial charge in [-0.2, -0.15) is 0 Å². The van der Waals surface area contributed by atoms with Crippen molar-refractivity contribution in [1.29, 1.82) is 0 Å². The van der Waals surface area contributed by atoms with Gasteiger partial charge in [0.2, 0.25) is 15.9 Å². The minimum atomic E-state index is -3.76. The fraction of sp³-hybridized carbons (Fsp3) is 0.294. The molecule has 0 aliphatic rings. The zero-order valence-corrected chi connectivity index (χ0v) is 15.4. The molecule has 7 nitrogen and oxygen atoms in total. The van der Waals surface area contributed by atoms with Gasteiger partial charge in [0.1, 0.15) is 4.90 Å². The first kappa shape index (κ1) is 17.4. The summed E-state index contributed by atoms with van der Waals surface area (Å²) < 4.78 is 33.9. The molecule has 0 saturated heterocycles. The molecule has 0 saturated carbocycles. The standard InChI is InChI=1S/C17H20N4O3S/c1-10-6-5-7-14(8-10)9-18-25(22,23)16-12(3)19-11(2)15(16)17-21-20-13(4)24-17/h5-8,18-19H,9H2,1-4H3. The Balaban J connectivity index is 1.97. The first-order chi connectivity index (χ1) is 11.8. The normalized spacial score (nSPS) is 11.8. The maximum Gasteiger partial charge on any atom is 0.250 e. The molecule has 8 heteroatoms. The molecule has 0 atom stereocenters. The Hall–Kier alpha value is -2.45. The predicted octanol–water partition coefficient (Wildman–Crippen LogP) is 2.78. The van der Waals surface area contributed by atoms with Crippen LogP contribution in [-0.4, -0.2) is 23.6 Å². The van der Waals surface area contributed by atoms with E-state index in [4.69, 9.17) is 4.42 Å². The lowest BCUT2D eigenvalue weighted by Gasteiger charge is -2.09. The van der Waals surface area contributed by atoms with Gasteiger partial charge in [0, 0.05) is 24.9 Å². The number of aryl methyl sites for hydroxylation is 4. The molecule has 0 aliphatic heterocycles. The summed E-state index contributed by atoms with van der Waals surface area (Å²) in [5.74, 6) is 0.569. The fourth-order valence-corrected chi connectivity index (χ4v) is 4.29. The summed E-state index contributed by atoms with van der Waals surface area (Å²) in [5.41, 5.74) is 3.57. The van der Waals surface area contributed by atoms with E-state index in [0.29, 0.717) is 22.8 Å². The molecule has 25 heavy (non-hydrogen) atoms. The molecule has 0 unspecified atom stereocenters. The summed E-state index contributed by atoms with van der Waals surface area (Å²) in [5, 5.41) is 7.76. The van der Waals surface area contributed by atoms with E-state index in [1.54, 1.807) is 20.8 Å². The first-order valence-electron chi connectivity index (χ1n) is 7.83. The van der Waals surface area contributed by atoms with E-state index in [9.17, 15) is 8.42 Å². The molecule has 0 fully saturated rings. The highest BCUT2D eigenvalue weighted by atomic mass is 32.2. The molecular weight excluding hydrogens is 340 g/mol. The van der Waals surface area contributed by atoms with Crippen LogP contribution in [0.2, 0.25) is 0 Å². The van der Waals surface area contributed by atoms with E-state index >= 15 is 0 Å². The molecule has 0 bridgehead atoms. The molecule has 2 heterocycles. The molecule has 132 valence electrons. The van der Waals surface area contributed by atoms with Gasteiger partial charge in [-0.25, -0.2) is 13.1 Å². The van der Waals surface area contributed by atoms with Crippen molar-refractivity contribution in [1.82, 2.24) is 19.9 Å². The number of hydrogen-bond acceptors (Lipinski definition) is 5. The average molecular weight is 360 g/mol. The van der Waals surface area contributed by atoms with Crippen molar-refractivity contribution in [2.45, 2.75) is 39.1 Å². The molecule has 2 aromatic heterocycles. The number of H-pyrrole nitrogens is 1. The van der Waals surface area contributed by atoms with Gasteiger partial charge in [-0.1, -0.05) is 29.8 Å². The number of sulfonamides is 1. The van der Waals surface area contributed by atoms with Crippen molar-refractivity contribution in [3.8, 4) is 11.5 Å². The molecule has 1 aromatic carbocycles. The van der Waals surface area contributed by atoms with E-state index in [0.717, 1.165) is 11.1 Å². The van der Waals surface area contributed by atoms with Crippen molar-refractivity contribution in [3.05, 3.63) is 52.7 Å². The Kier molecular flexibility index (Phi) is 4.49. The Bertz CT molecular complexity index is 1020. The van der Waals surface area contributed by atoms with Crippen molar-refractivity contribution in [2.75, 3.05) is 0 Å². The van der Waals surface area contributed by atoms with Gasteiger partial charge in [0.15, 0.2) is 0 Å². The lowest BCUT2D eigenvalue weighted by atomic mass is 10.1. The molecule has 0 amide bonds. The summed E-state index contributed by atoms with van der Waals surface area (Å²) >= 11 is 0. The number of hydrogen-bond donors (Lipinski definition) is 2. The van der Waals surface area contributed by atoms with Crippen LogP contribution < -0.4 is 4.72 Å². The van der Waals surface area contributed by atoms with Crippen molar-refractivity contribution in [3.63, 3.8) is 0 Å². The first-order valence-corrected chi connectivity index (χ1v) is 9.31. The van der Waals surface area contributed by atoms with Gasteiger partial charge in [0.25, 0.3) is 5.89 Å². The molecular formula is C17H20N4O3S. The van der Waals surface area contributed by atoms with Gasteiger partial charge in [-0.05, 0) is 26.3 Å². The van der Waals surface area contributed by atoms with Crippen molar-refractivity contribution < 1.29 is 12.8 Å². The van der Waals surface area contributed by atoms with Crippen LogP contribution in [0.15, 0.2) is 33.6 Å². The van der Waals surface area contributed by atoms with Gasteiger partial charge in [0.05, 0.1) is 5.56 Å². The number of nitrogens with zero attached hydrogens (tertiary/aromatic N) is 2. The fourth-order valence-electron chi connectivity index (χ4n) is 2.82. The number of benzene rings is 1. The smallest absolute Gasteiger partial charge is 0.250 e. The molecule has 0 radical (unpaired) electrons. The summed E-state index contributed by atoms with van der Waals surface area (Å²) in [6.45, 7) is 7.32. The number of rotatable bonds is 5. The van der Waals surface area contributed by atoms with Crippen LogP contribution in [0.3, 0.4) is 0 Å². The predicted molar refractivity (Wildman–Crippen MR) is 93.5 cm³/mol. The van der Waals surface area contributed by atoms with Gasteiger partial charge < -0.3 is 9.40 Å². The lowest BCUT2D eigenvalue weighted by molar-refractivity contribution is 0.530. The van der Waals surface area contributed by atoms with Crippen LogP contribution in [0.25, 0.3) is 11.5 Å². The molecule has 0 spiro atoms. The summed E-state index contributed by atoms with van der Waals surface area (Å²) in [4.78, 5) is 3.19. The minimum Gasteiger partial charge on any atom is -0.421 e. The maximum atomic E-state index is 12.9. The number of aromatic amines is 1. The second-order valence-corrected chi connectivity index (χ2v) is 7.72. The zero-order valence-electron chi connectivity index (χ0n) is 14.5. The highest BCUT2D eigenvalue weighted by Gasteiger charge is 2.28. The van der Waals surface area contributed by atoms with Crippen LogP contribution in [0.5, 0.6) is 0 Å². The monoisotopic (exact) mass is 360 g/mol. The molecule has 3 rings (SSSR count). The van der Waals surface area contributed by atoms with Crippen LogP contribution in [-0.2, 0) is 16.6 Å². The lowest BCUT2D eigenvalue weighted by Crippen LogP contribution is -2.24. The van der Waals surface area contributed by atoms with Crippen LogP contribution in [0, 0.1) is 27.7 Å². The minimum absolute atomic E-state index is 0.140.